The van der Waals surface area contributed by atoms with E-state index in [1.54, 1.807) is 4.90 Å². The first-order valence-electron chi connectivity index (χ1n) is 8.45. The average Bonchev–Trinajstić information content (AvgIpc) is 3.04. The van der Waals surface area contributed by atoms with E-state index in [1.165, 1.54) is 0 Å². The van der Waals surface area contributed by atoms with E-state index in [0.717, 1.165) is 37.2 Å². The number of nitrogens with two attached hydrogens (primary N) is 1. The molecule has 0 aromatic carbocycles. The molecule has 1 aliphatic rings. The molecule has 23 heavy (non-hydrogen) atoms. The van der Waals surface area contributed by atoms with Crippen LogP contribution in [0.2, 0.25) is 0 Å². The van der Waals surface area contributed by atoms with Crippen LogP contribution in [0, 0.1) is 5.92 Å². The van der Waals surface area contributed by atoms with E-state index in [1.807, 2.05) is 32.5 Å². The molecule has 6 heteroatoms. The second kappa shape index (κ2) is 6.91. The SMILES string of the molecule is CCc1cc(CC(N)C2CCN(C(=O)OC(C)(C)C)C2)n(C)n1. The summed E-state index contributed by atoms with van der Waals surface area (Å²) in [7, 11) is 1.96. The van der Waals surface area contributed by atoms with Gasteiger partial charge in [-0.25, -0.2) is 4.79 Å². The molecule has 1 saturated heterocycles. The lowest BCUT2D eigenvalue weighted by Gasteiger charge is -2.25. The van der Waals surface area contributed by atoms with Gasteiger partial charge in [0.25, 0.3) is 0 Å². The summed E-state index contributed by atoms with van der Waals surface area (Å²) in [6.45, 7) is 9.16. The molecule has 1 aromatic heterocycles. The van der Waals surface area contributed by atoms with Crippen LogP contribution in [-0.2, 0) is 24.6 Å². The largest absolute Gasteiger partial charge is 0.444 e. The smallest absolute Gasteiger partial charge is 0.410 e. The van der Waals surface area contributed by atoms with E-state index in [2.05, 4.69) is 18.1 Å². The molecular formula is C17H30N4O2. The maximum Gasteiger partial charge on any atom is 0.410 e. The molecule has 0 bridgehead atoms. The zero-order valence-electron chi connectivity index (χ0n) is 15.0. The monoisotopic (exact) mass is 322 g/mol. The first-order chi connectivity index (χ1) is 10.7. The average molecular weight is 322 g/mol. The molecule has 2 heterocycles. The highest BCUT2D eigenvalue weighted by atomic mass is 16.6. The van der Waals surface area contributed by atoms with Gasteiger partial charge in [0.15, 0.2) is 0 Å². The third-order valence-corrected chi connectivity index (χ3v) is 4.32. The van der Waals surface area contributed by atoms with Crippen LogP contribution < -0.4 is 5.73 Å². The molecular weight excluding hydrogens is 292 g/mol. The summed E-state index contributed by atoms with van der Waals surface area (Å²) in [6, 6.07) is 2.16. The number of rotatable bonds is 4. The van der Waals surface area contributed by atoms with E-state index in [4.69, 9.17) is 10.5 Å². The van der Waals surface area contributed by atoms with E-state index < -0.39 is 5.60 Å². The third kappa shape index (κ3) is 4.70. The second-order valence-electron chi connectivity index (χ2n) is 7.45. The van der Waals surface area contributed by atoms with Crippen LogP contribution in [0.1, 0.15) is 45.5 Å². The Labute approximate surface area is 139 Å². The molecule has 0 saturated carbocycles. The maximum absolute atomic E-state index is 12.1. The van der Waals surface area contributed by atoms with Gasteiger partial charge in [-0.1, -0.05) is 6.92 Å². The van der Waals surface area contributed by atoms with E-state index >= 15 is 0 Å². The van der Waals surface area contributed by atoms with Crippen molar-refractivity contribution in [2.75, 3.05) is 13.1 Å². The number of nitrogens with zero attached hydrogens (tertiary/aromatic N) is 3. The first-order valence-corrected chi connectivity index (χ1v) is 8.45. The Balaban J connectivity index is 1.90. The molecule has 6 nitrogen and oxygen atoms in total. The Hall–Kier alpha value is -1.56. The van der Waals surface area contributed by atoms with Crippen molar-refractivity contribution in [2.45, 2.75) is 58.6 Å². The van der Waals surface area contributed by atoms with Crippen molar-refractivity contribution in [3.63, 3.8) is 0 Å². The molecule has 1 aromatic rings. The maximum atomic E-state index is 12.1. The number of carbonyl (C=O) groups excluding carboxylic acids is 1. The van der Waals surface area contributed by atoms with Gasteiger partial charge in [-0.3, -0.25) is 4.68 Å². The number of ether oxygens (including phenoxy) is 1. The number of aromatic nitrogens is 2. The van der Waals surface area contributed by atoms with Crippen LogP contribution in [-0.4, -0.2) is 45.5 Å². The molecule has 1 amide bonds. The number of hydrogen-bond acceptors (Lipinski definition) is 4. The highest BCUT2D eigenvalue weighted by Gasteiger charge is 2.33. The Kier molecular flexibility index (Phi) is 5.34. The van der Waals surface area contributed by atoms with Crippen LogP contribution in [0.4, 0.5) is 4.79 Å². The first kappa shape index (κ1) is 17.8. The quantitative estimate of drug-likeness (QED) is 0.921. The van der Waals surface area contributed by atoms with Gasteiger partial charge in [0, 0.05) is 38.3 Å². The zero-order valence-corrected chi connectivity index (χ0v) is 15.0. The summed E-state index contributed by atoms with van der Waals surface area (Å²) >= 11 is 0. The van der Waals surface area contributed by atoms with Crippen LogP contribution in [0.5, 0.6) is 0 Å². The summed E-state index contributed by atoms with van der Waals surface area (Å²) in [4.78, 5) is 13.9. The number of carbonyl (C=O) groups is 1. The van der Waals surface area contributed by atoms with Gasteiger partial charge in [0.05, 0.1) is 5.69 Å². The minimum Gasteiger partial charge on any atom is -0.444 e. The van der Waals surface area contributed by atoms with Gasteiger partial charge < -0.3 is 15.4 Å². The lowest BCUT2D eigenvalue weighted by molar-refractivity contribution is 0.0286. The van der Waals surface area contributed by atoms with Crippen molar-refractivity contribution in [3.05, 3.63) is 17.5 Å². The van der Waals surface area contributed by atoms with E-state index in [0.29, 0.717) is 12.5 Å². The van der Waals surface area contributed by atoms with Crippen molar-refractivity contribution >= 4 is 6.09 Å². The lowest BCUT2D eigenvalue weighted by atomic mass is 9.95. The molecule has 1 aliphatic heterocycles. The molecule has 2 N–H and O–H groups in total. The molecule has 1 fully saturated rings. The summed E-state index contributed by atoms with van der Waals surface area (Å²) < 4.78 is 7.35. The normalized spacial score (nSPS) is 19.9. The minimum atomic E-state index is -0.456. The van der Waals surface area contributed by atoms with Crippen molar-refractivity contribution < 1.29 is 9.53 Å². The van der Waals surface area contributed by atoms with Gasteiger partial charge in [-0.2, -0.15) is 5.10 Å². The summed E-state index contributed by atoms with van der Waals surface area (Å²) in [5, 5.41) is 4.47. The number of amides is 1. The zero-order chi connectivity index (χ0) is 17.2. The molecule has 130 valence electrons. The summed E-state index contributed by atoms with van der Waals surface area (Å²) in [6.07, 6.45) is 2.41. The summed E-state index contributed by atoms with van der Waals surface area (Å²) in [5.74, 6) is 0.308. The van der Waals surface area contributed by atoms with E-state index in [-0.39, 0.29) is 12.1 Å². The molecule has 2 unspecified atom stereocenters. The van der Waals surface area contributed by atoms with Crippen molar-refractivity contribution in [3.8, 4) is 0 Å². The van der Waals surface area contributed by atoms with Crippen molar-refractivity contribution in [2.24, 2.45) is 18.7 Å². The molecule has 2 atom stereocenters. The molecule has 0 spiro atoms. The number of aryl methyl sites for hydroxylation is 2. The lowest BCUT2D eigenvalue weighted by Crippen LogP contribution is -2.38. The van der Waals surface area contributed by atoms with Crippen molar-refractivity contribution in [1.29, 1.82) is 0 Å². The van der Waals surface area contributed by atoms with E-state index in [9.17, 15) is 4.79 Å². The van der Waals surface area contributed by atoms with Crippen LogP contribution >= 0.6 is 0 Å². The van der Waals surface area contributed by atoms with Gasteiger partial charge in [0.1, 0.15) is 5.60 Å². The highest BCUT2D eigenvalue weighted by molar-refractivity contribution is 5.68. The molecule has 0 aliphatic carbocycles. The predicted octanol–water partition coefficient (Wildman–Crippen LogP) is 2.11. The van der Waals surface area contributed by atoms with Crippen molar-refractivity contribution in [1.82, 2.24) is 14.7 Å². The fraction of sp³-hybridized carbons (Fsp3) is 0.765. The Morgan fingerprint density at radius 3 is 2.78 bits per heavy atom. The highest BCUT2D eigenvalue weighted by Crippen LogP contribution is 2.23. The topological polar surface area (TPSA) is 73.4 Å². The van der Waals surface area contributed by atoms with Crippen LogP contribution in [0.15, 0.2) is 6.07 Å². The van der Waals surface area contributed by atoms with Crippen LogP contribution in [0.25, 0.3) is 0 Å². The minimum absolute atomic E-state index is 0.0301. The second-order valence-corrected chi connectivity index (χ2v) is 7.45. The number of hydrogen-bond donors (Lipinski definition) is 1. The predicted molar refractivity (Wildman–Crippen MR) is 90.2 cm³/mol. The van der Waals surface area contributed by atoms with Gasteiger partial charge >= 0.3 is 6.09 Å². The Morgan fingerprint density at radius 2 is 2.22 bits per heavy atom. The summed E-state index contributed by atoms with van der Waals surface area (Å²) in [5.41, 5.74) is 8.20. The van der Waals surface area contributed by atoms with Gasteiger partial charge in [0.2, 0.25) is 0 Å². The van der Waals surface area contributed by atoms with Gasteiger partial charge in [-0.15, -0.1) is 0 Å². The number of likely N-dealkylation sites (tertiary alicyclic amines) is 1. The third-order valence-electron chi connectivity index (χ3n) is 4.32. The fourth-order valence-electron chi connectivity index (χ4n) is 2.97. The van der Waals surface area contributed by atoms with Gasteiger partial charge in [-0.05, 0) is 45.6 Å². The Bertz CT molecular complexity index is 547. The standard InChI is InChI=1S/C17H30N4O2/c1-6-13-9-14(20(5)19-13)10-15(18)12-7-8-21(11-12)16(22)23-17(2,3)4/h9,12,15H,6-8,10-11,18H2,1-5H3. The fourth-order valence-corrected chi connectivity index (χ4v) is 2.97. The van der Waals surface area contributed by atoms with Crippen LogP contribution in [0.3, 0.4) is 0 Å². The Morgan fingerprint density at radius 1 is 1.52 bits per heavy atom. The molecule has 2 rings (SSSR count). The molecule has 0 radical (unpaired) electrons.